The van der Waals surface area contributed by atoms with E-state index in [9.17, 15) is 24.3 Å². The van der Waals surface area contributed by atoms with Gasteiger partial charge in [0.1, 0.15) is 0 Å². The van der Waals surface area contributed by atoms with Crippen molar-refractivity contribution in [1.29, 1.82) is 0 Å². The van der Waals surface area contributed by atoms with Crippen LogP contribution in [0.5, 0.6) is 11.5 Å². The lowest BCUT2D eigenvalue weighted by molar-refractivity contribution is -0.142. The van der Waals surface area contributed by atoms with Gasteiger partial charge in [-0.2, -0.15) is 0 Å². The summed E-state index contributed by atoms with van der Waals surface area (Å²) >= 11 is 0. The first-order valence-electron chi connectivity index (χ1n) is 15.4. The number of amides is 4. The van der Waals surface area contributed by atoms with E-state index in [0.29, 0.717) is 18.6 Å². The van der Waals surface area contributed by atoms with Gasteiger partial charge in [-0.1, -0.05) is 90.5 Å². The van der Waals surface area contributed by atoms with Gasteiger partial charge in [-0.15, -0.1) is 0 Å². The second kappa shape index (κ2) is 11.5. The highest BCUT2D eigenvalue weighted by atomic mass is 16.5. The summed E-state index contributed by atoms with van der Waals surface area (Å²) in [5.41, 5.74) is 3.46. The number of imide groups is 2. The number of phenolic OH excluding ortho intramolecular Hbond substituents is 1. The summed E-state index contributed by atoms with van der Waals surface area (Å²) in [4.78, 5) is 58.4. The predicted molar refractivity (Wildman–Crippen MR) is 166 cm³/mol. The Bertz CT molecular complexity index is 1730. The van der Waals surface area contributed by atoms with Crippen molar-refractivity contribution < 1.29 is 29.0 Å². The SMILES string of the molecule is COc1cc(C=CC2C3=CCC4C(=O)N(Cc5ccccc5)C(=O)C4C3CC3C(=O)N(Cc4ccccc4)C(=O)C23)ccc1O. The molecular formula is C37H34N2O6. The second-order valence-corrected chi connectivity index (χ2v) is 12.4. The molecule has 228 valence electrons. The van der Waals surface area contributed by atoms with Crippen LogP contribution in [0.1, 0.15) is 29.5 Å². The van der Waals surface area contributed by atoms with Crippen LogP contribution in [0.15, 0.2) is 96.6 Å². The highest BCUT2D eigenvalue weighted by Gasteiger charge is 2.61. The van der Waals surface area contributed by atoms with E-state index in [1.54, 1.807) is 18.2 Å². The topological polar surface area (TPSA) is 104 Å². The quantitative estimate of drug-likeness (QED) is 0.302. The molecular weight excluding hydrogens is 568 g/mol. The minimum atomic E-state index is -0.608. The molecule has 3 fully saturated rings. The van der Waals surface area contributed by atoms with Gasteiger partial charge in [0.05, 0.1) is 43.9 Å². The molecule has 2 aliphatic heterocycles. The van der Waals surface area contributed by atoms with Gasteiger partial charge in [-0.3, -0.25) is 29.0 Å². The van der Waals surface area contributed by atoms with Crippen LogP contribution < -0.4 is 4.74 Å². The molecule has 0 radical (unpaired) electrons. The van der Waals surface area contributed by atoms with Crippen LogP contribution in [-0.4, -0.2) is 45.6 Å². The molecule has 7 rings (SSSR count). The Balaban J connectivity index is 1.25. The maximum atomic E-state index is 14.1. The smallest absolute Gasteiger partial charge is 0.234 e. The summed E-state index contributed by atoms with van der Waals surface area (Å²) < 4.78 is 5.28. The molecule has 8 nitrogen and oxygen atoms in total. The number of likely N-dealkylation sites (tertiary alicyclic amines) is 2. The van der Waals surface area contributed by atoms with Crippen molar-refractivity contribution in [2.75, 3.05) is 7.11 Å². The Labute approximate surface area is 261 Å². The number of rotatable bonds is 7. The standard InChI is InChI=1S/C37H34N2O6/c1-45-31-18-22(13-17-30(31)40)12-14-26-25-15-16-27-33(37(44)38(34(27)41)20-23-8-4-2-5-9-23)28(25)19-29-32(26)36(43)39(35(29)42)21-24-10-6-3-7-11-24/h2-15,17-18,26-29,32-33,40H,16,19-21H2,1H3. The lowest BCUT2D eigenvalue weighted by Crippen LogP contribution is -2.43. The van der Waals surface area contributed by atoms with Gasteiger partial charge < -0.3 is 9.84 Å². The number of hydrogen-bond acceptors (Lipinski definition) is 6. The van der Waals surface area contributed by atoms with Crippen molar-refractivity contribution >= 4 is 29.7 Å². The molecule has 4 amide bonds. The van der Waals surface area contributed by atoms with Crippen LogP contribution in [0, 0.1) is 35.5 Å². The molecule has 2 saturated heterocycles. The zero-order chi connectivity index (χ0) is 31.2. The van der Waals surface area contributed by atoms with Gasteiger partial charge in [-0.25, -0.2) is 0 Å². The van der Waals surface area contributed by atoms with Crippen LogP contribution in [-0.2, 0) is 32.3 Å². The molecule has 45 heavy (non-hydrogen) atoms. The van der Waals surface area contributed by atoms with Gasteiger partial charge in [0.25, 0.3) is 0 Å². The van der Waals surface area contributed by atoms with Gasteiger partial charge in [0, 0.05) is 5.92 Å². The normalized spacial score (nSPS) is 27.4. The van der Waals surface area contributed by atoms with Crippen molar-refractivity contribution in [2.45, 2.75) is 25.9 Å². The average Bonchev–Trinajstić information content (AvgIpc) is 3.44. The van der Waals surface area contributed by atoms with Gasteiger partial charge in [-0.05, 0) is 47.6 Å². The van der Waals surface area contributed by atoms with E-state index < -0.39 is 29.6 Å². The number of carbonyl (C=O) groups excluding carboxylic acids is 4. The Morgan fingerprint density at radius 3 is 1.98 bits per heavy atom. The molecule has 3 aromatic rings. The van der Waals surface area contributed by atoms with Crippen molar-refractivity contribution in [3.63, 3.8) is 0 Å². The number of aromatic hydroxyl groups is 1. The van der Waals surface area contributed by atoms with Crippen LogP contribution in [0.4, 0.5) is 0 Å². The molecule has 0 bridgehead atoms. The molecule has 2 aliphatic carbocycles. The number of benzene rings is 3. The summed E-state index contributed by atoms with van der Waals surface area (Å²) in [6.07, 6.45) is 6.63. The number of nitrogens with zero attached hydrogens (tertiary/aromatic N) is 2. The number of ether oxygens (including phenoxy) is 1. The number of methoxy groups -OCH3 is 1. The summed E-state index contributed by atoms with van der Waals surface area (Å²) in [5, 5.41) is 10.1. The average molecular weight is 603 g/mol. The molecule has 3 aromatic carbocycles. The molecule has 1 saturated carbocycles. The van der Waals surface area contributed by atoms with E-state index in [2.05, 4.69) is 0 Å². The van der Waals surface area contributed by atoms with E-state index >= 15 is 0 Å². The maximum absolute atomic E-state index is 14.1. The third kappa shape index (κ3) is 4.94. The van der Waals surface area contributed by atoms with E-state index in [4.69, 9.17) is 4.74 Å². The van der Waals surface area contributed by atoms with E-state index in [0.717, 1.165) is 22.3 Å². The number of carbonyl (C=O) groups is 4. The Morgan fingerprint density at radius 2 is 1.36 bits per heavy atom. The predicted octanol–water partition coefficient (Wildman–Crippen LogP) is 4.98. The van der Waals surface area contributed by atoms with Crippen molar-refractivity contribution in [1.82, 2.24) is 9.80 Å². The zero-order valence-corrected chi connectivity index (χ0v) is 24.9. The first-order chi connectivity index (χ1) is 21.9. The van der Waals surface area contributed by atoms with Crippen LogP contribution >= 0.6 is 0 Å². The second-order valence-electron chi connectivity index (χ2n) is 12.4. The summed E-state index contributed by atoms with van der Waals surface area (Å²) in [7, 11) is 1.48. The number of allylic oxidation sites excluding steroid dienone is 3. The molecule has 6 atom stereocenters. The van der Waals surface area contributed by atoms with Crippen molar-refractivity contribution in [3.05, 3.63) is 113 Å². The minimum absolute atomic E-state index is 0.0195. The first kappa shape index (κ1) is 28.8. The molecule has 8 heteroatoms. The van der Waals surface area contributed by atoms with Crippen molar-refractivity contribution in [3.8, 4) is 11.5 Å². The number of fused-ring (bicyclic) bond motifs is 4. The molecule has 6 unspecified atom stereocenters. The zero-order valence-electron chi connectivity index (χ0n) is 24.9. The highest BCUT2D eigenvalue weighted by Crippen LogP contribution is 2.55. The fourth-order valence-corrected chi connectivity index (χ4v) is 7.84. The summed E-state index contributed by atoms with van der Waals surface area (Å²) in [5.74, 6) is -3.50. The molecule has 0 spiro atoms. The van der Waals surface area contributed by atoms with E-state index in [-0.39, 0.29) is 48.4 Å². The number of phenols is 1. The first-order valence-corrected chi connectivity index (χ1v) is 15.4. The van der Waals surface area contributed by atoms with Gasteiger partial charge >= 0.3 is 0 Å². The lowest BCUT2D eigenvalue weighted by atomic mass is 9.58. The number of hydrogen-bond donors (Lipinski definition) is 1. The van der Waals surface area contributed by atoms with Crippen LogP contribution in [0.3, 0.4) is 0 Å². The highest BCUT2D eigenvalue weighted by molar-refractivity contribution is 6.07. The Kier molecular flexibility index (Phi) is 7.36. The molecule has 4 aliphatic rings. The van der Waals surface area contributed by atoms with Crippen LogP contribution in [0.2, 0.25) is 0 Å². The summed E-state index contributed by atoms with van der Waals surface area (Å²) in [6, 6.07) is 23.9. The van der Waals surface area contributed by atoms with E-state index in [1.807, 2.05) is 78.9 Å². The van der Waals surface area contributed by atoms with Crippen LogP contribution in [0.25, 0.3) is 6.08 Å². The lowest BCUT2D eigenvalue weighted by Gasteiger charge is -2.42. The third-order valence-corrected chi connectivity index (χ3v) is 9.95. The molecule has 0 aromatic heterocycles. The Morgan fingerprint density at radius 1 is 0.756 bits per heavy atom. The molecule has 1 N–H and O–H groups in total. The molecule has 2 heterocycles. The fraction of sp³-hybridized carbons (Fsp3) is 0.297. The monoisotopic (exact) mass is 602 g/mol. The summed E-state index contributed by atoms with van der Waals surface area (Å²) in [6.45, 7) is 0.406. The largest absolute Gasteiger partial charge is 0.504 e. The van der Waals surface area contributed by atoms with Gasteiger partial charge in [0.2, 0.25) is 23.6 Å². The Hall–Kier alpha value is -4.98. The van der Waals surface area contributed by atoms with Gasteiger partial charge in [0.15, 0.2) is 11.5 Å². The maximum Gasteiger partial charge on any atom is 0.234 e. The van der Waals surface area contributed by atoms with Crippen molar-refractivity contribution in [2.24, 2.45) is 35.5 Å². The van der Waals surface area contributed by atoms with E-state index in [1.165, 1.54) is 16.9 Å². The third-order valence-electron chi connectivity index (χ3n) is 9.95. The fourth-order valence-electron chi connectivity index (χ4n) is 7.84. The minimum Gasteiger partial charge on any atom is -0.504 e.